The van der Waals surface area contributed by atoms with Crippen LogP contribution in [0.1, 0.15) is 12.5 Å². The Kier molecular flexibility index (Phi) is 6.01. The van der Waals surface area contributed by atoms with Crippen LogP contribution in [0.15, 0.2) is 48.9 Å². The zero-order valence-electron chi connectivity index (χ0n) is 15.7. The van der Waals surface area contributed by atoms with Gasteiger partial charge in [0.2, 0.25) is 0 Å². The number of ether oxygens (including phenoxy) is 1. The van der Waals surface area contributed by atoms with Gasteiger partial charge in [0.25, 0.3) is 0 Å². The molecule has 0 atom stereocenters. The second-order valence-corrected chi connectivity index (χ2v) is 5.95. The number of carbonyl (C=O) groups is 2. The van der Waals surface area contributed by atoms with Crippen molar-refractivity contribution in [2.75, 3.05) is 19.0 Å². The van der Waals surface area contributed by atoms with E-state index < -0.39 is 6.09 Å². The maximum absolute atomic E-state index is 11.8. The zero-order valence-corrected chi connectivity index (χ0v) is 15.7. The normalized spacial score (nSPS) is 10.4. The molecule has 2 aromatic heterocycles. The smallest absolute Gasteiger partial charge is 0.407 e. The van der Waals surface area contributed by atoms with Gasteiger partial charge in [-0.2, -0.15) is 0 Å². The fourth-order valence-electron chi connectivity index (χ4n) is 2.86. The number of urea groups is 1. The van der Waals surface area contributed by atoms with Crippen molar-refractivity contribution in [1.29, 1.82) is 0 Å². The first-order valence-electron chi connectivity index (χ1n) is 8.81. The molecule has 3 rings (SSSR count). The van der Waals surface area contributed by atoms with Crippen LogP contribution >= 0.6 is 0 Å². The molecule has 0 fully saturated rings. The molecular weight excluding hydrogens is 358 g/mol. The summed E-state index contributed by atoms with van der Waals surface area (Å²) in [4.78, 5) is 31.7. The van der Waals surface area contributed by atoms with E-state index in [1.54, 1.807) is 18.6 Å². The summed E-state index contributed by atoms with van der Waals surface area (Å²) in [5.41, 5.74) is 2.85. The number of carbonyl (C=O) groups excluding carboxylic acids is 2. The molecule has 0 aliphatic carbocycles. The minimum absolute atomic E-state index is 0.296. The minimum Gasteiger partial charge on any atom is -0.453 e. The average Bonchev–Trinajstić information content (AvgIpc) is 2.72. The van der Waals surface area contributed by atoms with E-state index in [0.29, 0.717) is 18.9 Å². The largest absolute Gasteiger partial charge is 0.453 e. The van der Waals surface area contributed by atoms with Crippen molar-refractivity contribution in [2.45, 2.75) is 13.5 Å². The van der Waals surface area contributed by atoms with Gasteiger partial charge in [0, 0.05) is 37.1 Å². The number of fused-ring (bicyclic) bond motifs is 1. The van der Waals surface area contributed by atoms with Crippen molar-refractivity contribution in [3.05, 3.63) is 54.5 Å². The summed E-state index contributed by atoms with van der Waals surface area (Å²) in [5.74, 6) is 0.437. The number of amides is 3. The van der Waals surface area contributed by atoms with Crippen LogP contribution in [0.25, 0.3) is 21.9 Å². The molecular formula is C20H21N5O3. The second kappa shape index (κ2) is 8.81. The molecule has 8 nitrogen and oxygen atoms in total. The van der Waals surface area contributed by atoms with Crippen molar-refractivity contribution in [3.63, 3.8) is 0 Å². The number of nitrogens with one attached hydrogen (secondary N) is 3. The molecule has 2 heterocycles. The van der Waals surface area contributed by atoms with Gasteiger partial charge in [-0.25, -0.2) is 14.6 Å². The van der Waals surface area contributed by atoms with Gasteiger partial charge in [0.05, 0.1) is 7.11 Å². The fourth-order valence-corrected chi connectivity index (χ4v) is 2.86. The first-order valence-corrected chi connectivity index (χ1v) is 8.81. The Hall–Kier alpha value is -3.68. The maximum atomic E-state index is 11.8. The predicted octanol–water partition coefficient (Wildman–Crippen LogP) is 3.29. The number of hydrogen-bond donors (Lipinski definition) is 3. The lowest BCUT2D eigenvalue weighted by atomic mass is 9.96. The average molecular weight is 379 g/mol. The summed E-state index contributed by atoms with van der Waals surface area (Å²) in [6, 6.07) is 9.25. The second-order valence-electron chi connectivity index (χ2n) is 5.95. The van der Waals surface area contributed by atoms with Crippen LogP contribution in [0.3, 0.4) is 0 Å². The number of benzene rings is 1. The fraction of sp³-hybridized carbons (Fsp3) is 0.200. The molecule has 1 aromatic carbocycles. The van der Waals surface area contributed by atoms with Crippen LogP contribution < -0.4 is 16.0 Å². The van der Waals surface area contributed by atoms with E-state index in [-0.39, 0.29) is 6.03 Å². The number of methoxy groups -OCH3 is 1. The van der Waals surface area contributed by atoms with Crippen molar-refractivity contribution < 1.29 is 14.3 Å². The molecule has 8 heteroatoms. The van der Waals surface area contributed by atoms with Gasteiger partial charge in [-0.1, -0.05) is 12.1 Å². The molecule has 0 radical (unpaired) electrons. The number of rotatable bonds is 5. The Morgan fingerprint density at radius 2 is 1.86 bits per heavy atom. The quantitative estimate of drug-likeness (QED) is 0.631. The van der Waals surface area contributed by atoms with Crippen molar-refractivity contribution >= 4 is 28.7 Å². The van der Waals surface area contributed by atoms with E-state index in [1.165, 1.54) is 7.11 Å². The highest BCUT2D eigenvalue weighted by Gasteiger charge is 2.12. The molecule has 0 bridgehead atoms. The number of nitrogens with zero attached hydrogens (tertiary/aromatic N) is 2. The van der Waals surface area contributed by atoms with Crippen LogP contribution in [-0.2, 0) is 11.3 Å². The van der Waals surface area contributed by atoms with Crippen LogP contribution in [0.5, 0.6) is 0 Å². The highest BCUT2D eigenvalue weighted by Crippen LogP contribution is 2.31. The molecule has 28 heavy (non-hydrogen) atoms. The lowest BCUT2D eigenvalue weighted by Crippen LogP contribution is -2.28. The van der Waals surface area contributed by atoms with Gasteiger partial charge in [-0.05, 0) is 47.2 Å². The molecule has 3 amide bonds. The highest BCUT2D eigenvalue weighted by atomic mass is 16.5. The number of alkyl carbamates (subject to hydrolysis) is 1. The lowest BCUT2D eigenvalue weighted by molar-refractivity contribution is 0.170. The highest BCUT2D eigenvalue weighted by molar-refractivity contribution is 6.00. The molecule has 0 saturated heterocycles. The Bertz CT molecular complexity index is 992. The van der Waals surface area contributed by atoms with Gasteiger partial charge < -0.3 is 15.4 Å². The summed E-state index contributed by atoms with van der Waals surface area (Å²) in [6.07, 6.45) is 4.63. The van der Waals surface area contributed by atoms with Crippen LogP contribution in [0.4, 0.5) is 15.4 Å². The van der Waals surface area contributed by atoms with Gasteiger partial charge in [-0.15, -0.1) is 0 Å². The van der Waals surface area contributed by atoms with E-state index in [1.807, 2.05) is 37.3 Å². The van der Waals surface area contributed by atoms with E-state index in [9.17, 15) is 9.59 Å². The molecule has 0 unspecified atom stereocenters. The third kappa shape index (κ3) is 4.35. The minimum atomic E-state index is -0.506. The van der Waals surface area contributed by atoms with Gasteiger partial charge in [0.1, 0.15) is 5.82 Å². The van der Waals surface area contributed by atoms with E-state index >= 15 is 0 Å². The Balaban J connectivity index is 2.06. The van der Waals surface area contributed by atoms with Gasteiger partial charge >= 0.3 is 12.1 Å². The first kappa shape index (κ1) is 19.1. The van der Waals surface area contributed by atoms with Gasteiger partial charge in [0.15, 0.2) is 0 Å². The van der Waals surface area contributed by atoms with Gasteiger partial charge in [-0.3, -0.25) is 10.3 Å². The maximum Gasteiger partial charge on any atom is 0.407 e. The summed E-state index contributed by atoms with van der Waals surface area (Å²) in [7, 11) is 1.32. The Labute approximate surface area is 162 Å². The SMILES string of the molecule is CCNC(=O)Nc1cc2c(-c3ccncc3)ccc(CNC(=O)OC)c2cn1. The summed E-state index contributed by atoms with van der Waals surface area (Å²) in [5, 5.41) is 9.86. The molecule has 3 aromatic rings. The molecule has 0 aliphatic heterocycles. The third-order valence-corrected chi connectivity index (χ3v) is 4.17. The van der Waals surface area contributed by atoms with Crippen molar-refractivity contribution in [3.8, 4) is 11.1 Å². The number of aromatic nitrogens is 2. The lowest BCUT2D eigenvalue weighted by Gasteiger charge is -2.13. The van der Waals surface area contributed by atoms with Crippen molar-refractivity contribution in [2.24, 2.45) is 0 Å². The van der Waals surface area contributed by atoms with E-state index in [2.05, 4.69) is 30.7 Å². The summed E-state index contributed by atoms with van der Waals surface area (Å²) < 4.78 is 4.64. The standard InChI is InChI=1S/C20H21N5O3/c1-3-22-19(26)25-18-10-16-15(13-6-8-21-9-7-13)5-4-14(17(16)12-23-18)11-24-20(27)28-2/h4-10,12H,3,11H2,1-2H3,(H,24,27)(H2,22,23,25,26). The number of pyridine rings is 2. The first-order chi connectivity index (χ1) is 13.6. The van der Waals surface area contributed by atoms with Crippen LogP contribution in [0, 0.1) is 0 Å². The Morgan fingerprint density at radius 1 is 1.07 bits per heavy atom. The third-order valence-electron chi connectivity index (χ3n) is 4.17. The van der Waals surface area contributed by atoms with Crippen LogP contribution in [0.2, 0.25) is 0 Å². The zero-order chi connectivity index (χ0) is 19.9. The number of hydrogen-bond acceptors (Lipinski definition) is 5. The number of anilines is 1. The van der Waals surface area contributed by atoms with E-state index in [4.69, 9.17) is 0 Å². The molecule has 144 valence electrons. The summed E-state index contributed by atoms with van der Waals surface area (Å²) in [6.45, 7) is 2.66. The molecule has 0 saturated carbocycles. The predicted molar refractivity (Wildman–Crippen MR) is 107 cm³/mol. The van der Waals surface area contributed by atoms with E-state index in [0.717, 1.165) is 27.5 Å². The van der Waals surface area contributed by atoms with Crippen molar-refractivity contribution in [1.82, 2.24) is 20.6 Å². The topological polar surface area (TPSA) is 105 Å². The molecule has 0 aliphatic rings. The Morgan fingerprint density at radius 3 is 2.57 bits per heavy atom. The monoisotopic (exact) mass is 379 g/mol. The summed E-state index contributed by atoms with van der Waals surface area (Å²) >= 11 is 0. The molecule has 3 N–H and O–H groups in total. The van der Waals surface area contributed by atoms with Crippen LogP contribution in [-0.4, -0.2) is 35.7 Å². The molecule has 0 spiro atoms.